The number of nitrogens with two attached hydrogens (primary N) is 1. The number of benzene rings is 1. The van der Waals surface area contributed by atoms with Crippen molar-refractivity contribution < 1.29 is 4.39 Å². The lowest BCUT2D eigenvalue weighted by Gasteiger charge is -2.02. The van der Waals surface area contributed by atoms with Gasteiger partial charge < -0.3 is 11.1 Å². The molecule has 2 aromatic rings. The molecule has 1 aromatic heterocycles. The maximum Gasteiger partial charge on any atom is 0.148 e. The SMILES string of the molecule is NCCCNc1cnn(-c2ccccc2F)c1. The Hall–Kier alpha value is -1.88. The van der Waals surface area contributed by atoms with E-state index in [1.54, 1.807) is 30.6 Å². The third kappa shape index (κ3) is 2.82. The first-order valence-corrected chi connectivity index (χ1v) is 5.55. The average molecular weight is 234 g/mol. The third-order valence-corrected chi connectivity index (χ3v) is 2.39. The number of rotatable bonds is 5. The van der Waals surface area contributed by atoms with Gasteiger partial charge in [-0.1, -0.05) is 12.1 Å². The summed E-state index contributed by atoms with van der Waals surface area (Å²) in [6, 6.07) is 6.54. The number of hydrogen-bond donors (Lipinski definition) is 2. The molecule has 5 heteroatoms. The molecule has 1 heterocycles. The van der Waals surface area contributed by atoms with Crippen molar-refractivity contribution in [2.45, 2.75) is 6.42 Å². The summed E-state index contributed by atoms with van der Waals surface area (Å²) in [6.07, 6.45) is 4.32. The van der Waals surface area contributed by atoms with E-state index in [0.717, 1.165) is 18.7 Å². The minimum absolute atomic E-state index is 0.288. The highest BCUT2D eigenvalue weighted by atomic mass is 19.1. The van der Waals surface area contributed by atoms with Crippen molar-refractivity contribution in [3.8, 4) is 5.69 Å². The first-order chi connectivity index (χ1) is 8.31. The molecule has 0 atom stereocenters. The second-order valence-electron chi connectivity index (χ2n) is 3.69. The Morgan fingerprint density at radius 2 is 2.18 bits per heavy atom. The topological polar surface area (TPSA) is 55.9 Å². The van der Waals surface area contributed by atoms with Crippen molar-refractivity contribution in [3.05, 3.63) is 42.5 Å². The monoisotopic (exact) mass is 234 g/mol. The maximum absolute atomic E-state index is 13.5. The van der Waals surface area contributed by atoms with Gasteiger partial charge in [-0.2, -0.15) is 5.10 Å². The maximum atomic E-state index is 13.5. The summed E-state index contributed by atoms with van der Waals surface area (Å²) >= 11 is 0. The van der Waals surface area contributed by atoms with Crippen LogP contribution < -0.4 is 11.1 Å². The van der Waals surface area contributed by atoms with Crippen LogP contribution in [0.3, 0.4) is 0 Å². The fourth-order valence-corrected chi connectivity index (χ4v) is 1.52. The minimum Gasteiger partial charge on any atom is -0.382 e. The van der Waals surface area contributed by atoms with Gasteiger partial charge in [0.05, 0.1) is 18.1 Å². The zero-order valence-electron chi connectivity index (χ0n) is 9.44. The Kier molecular flexibility index (Phi) is 3.72. The second-order valence-corrected chi connectivity index (χ2v) is 3.69. The van der Waals surface area contributed by atoms with Gasteiger partial charge in [0.15, 0.2) is 0 Å². The number of nitrogens with zero attached hydrogens (tertiary/aromatic N) is 2. The van der Waals surface area contributed by atoms with Crippen LogP contribution in [0.25, 0.3) is 5.69 Å². The van der Waals surface area contributed by atoms with E-state index < -0.39 is 0 Å². The van der Waals surface area contributed by atoms with Gasteiger partial charge in [-0.25, -0.2) is 9.07 Å². The highest BCUT2D eigenvalue weighted by molar-refractivity contribution is 5.42. The average Bonchev–Trinajstić information content (AvgIpc) is 2.79. The molecule has 0 bridgehead atoms. The van der Waals surface area contributed by atoms with Crippen molar-refractivity contribution in [2.24, 2.45) is 5.73 Å². The summed E-state index contributed by atoms with van der Waals surface area (Å²) in [5, 5.41) is 7.28. The number of nitrogens with one attached hydrogen (secondary N) is 1. The zero-order valence-corrected chi connectivity index (χ0v) is 9.44. The van der Waals surface area contributed by atoms with Crippen LogP contribution in [0.1, 0.15) is 6.42 Å². The van der Waals surface area contributed by atoms with Crippen LogP contribution in [0.5, 0.6) is 0 Å². The molecule has 0 saturated carbocycles. The van der Waals surface area contributed by atoms with E-state index >= 15 is 0 Å². The van der Waals surface area contributed by atoms with E-state index in [2.05, 4.69) is 10.4 Å². The van der Waals surface area contributed by atoms with Crippen molar-refractivity contribution in [2.75, 3.05) is 18.4 Å². The fourth-order valence-electron chi connectivity index (χ4n) is 1.52. The van der Waals surface area contributed by atoms with E-state index in [9.17, 15) is 4.39 Å². The number of aromatic nitrogens is 2. The Balaban J connectivity index is 2.10. The zero-order chi connectivity index (χ0) is 12.1. The molecule has 0 aliphatic carbocycles. The molecule has 3 N–H and O–H groups in total. The molecule has 0 aliphatic heterocycles. The van der Waals surface area contributed by atoms with Gasteiger partial charge in [-0.3, -0.25) is 0 Å². The van der Waals surface area contributed by atoms with Gasteiger partial charge in [0.2, 0.25) is 0 Å². The van der Waals surface area contributed by atoms with E-state index in [0.29, 0.717) is 12.2 Å². The molecule has 2 rings (SSSR count). The molecule has 0 fully saturated rings. The smallest absolute Gasteiger partial charge is 0.148 e. The van der Waals surface area contributed by atoms with E-state index in [4.69, 9.17) is 5.73 Å². The van der Waals surface area contributed by atoms with Crippen LogP contribution in [0, 0.1) is 5.82 Å². The minimum atomic E-state index is -0.288. The lowest BCUT2D eigenvalue weighted by Crippen LogP contribution is -2.07. The molecule has 0 unspecified atom stereocenters. The van der Waals surface area contributed by atoms with Crippen molar-refractivity contribution in [3.63, 3.8) is 0 Å². The Morgan fingerprint density at radius 1 is 1.35 bits per heavy atom. The molecular formula is C12H15FN4. The first kappa shape index (κ1) is 11.6. The van der Waals surface area contributed by atoms with Crippen LogP contribution >= 0.6 is 0 Å². The van der Waals surface area contributed by atoms with E-state index in [-0.39, 0.29) is 5.82 Å². The van der Waals surface area contributed by atoms with Gasteiger partial charge in [0.1, 0.15) is 11.5 Å². The third-order valence-electron chi connectivity index (χ3n) is 2.39. The van der Waals surface area contributed by atoms with Gasteiger partial charge in [-0.15, -0.1) is 0 Å². The molecule has 90 valence electrons. The van der Waals surface area contributed by atoms with E-state index in [1.807, 2.05) is 0 Å². The van der Waals surface area contributed by atoms with Crippen molar-refractivity contribution >= 4 is 5.69 Å². The highest BCUT2D eigenvalue weighted by Crippen LogP contribution is 2.14. The van der Waals surface area contributed by atoms with Gasteiger partial charge in [0.25, 0.3) is 0 Å². The van der Waals surface area contributed by atoms with Crippen LogP contribution in [0.15, 0.2) is 36.7 Å². The molecule has 0 aliphatic rings. The number of anilines is 1. The summed E-state index contributed by atoms with van der Waals surface area (Å²) in [5.41, 5.74) is 6.70. The van der Waals surface area contributed by atoms with Crippen molar-refractivity contribution in [1.82, 2.24) is 9.78 Å². The highest BCUT2D eigenvalue weighted by Gasteiger charge is 2.04. The number of para-hydroxylation sites is 1. The second kappa shape index (κ2) is 5.45. The van der Waals surface area contributed by atoms with Gasteiger partial charge in [0, 0.05) is 6.54 Å². The van der Waals surface area contributed by atoms with Crippen LogP contribution in [-0.2, 0) is 0 Å². The first-order valence-electron chi connectivity index (χ1n) is 5.55. The lowest BCUT2D eigenvalue weighted by atomic mass is 10.3. The number of halogens is 1. The van der Waals surface area contributed by atoms with Gasteiger partial charge in [-0.05, 0) is 25.1 Å². The Labute approximate surface area is 99.2 Å². The van der Waals surface area contributed by atoms with Crippen LogP contribution in [0.2, 0.25) is 0 Å². The summed E-state index contributed by atoms with van der Waals surface area (Å²) in [7, 11) is 0. The molecule has 0 spiro atoms. The summed E-state index contributed by atoms with van der Waals surface area (Å²) < 4.78 is 15.0. The molecule has 4 nitrogen and oxygen atoms in total. The molecule has 17 heavy (non-hydrogen) atoms. The normalized spacial score (nSPS) is 10.5. The predicted molar refractivity (Wildman–Crippen MR) is 65.7 cm³/mol. The van der Waals surface area contributed by atoms with Gasteiger partial charge >= 0.3 is 0 Å². The van der Waals surface area contributed by atoms with E-state index in [1.165, 1.54) is 10.7 Å². The molecule has 0 amide bonds. The molecule has 0 saturated heterocycles. The summed E-state index contributed by atoms with van der Waals surface area (Å²) in [5.74, 6) is -0.288. The van der Waals surface area contributed by atoms with Crippen LogP contribution in [0.4, 0.5) is 10.1 Å². The fraction of sp³-hybridized carbons (Fsp3) is 0.250. The summed E-state index contributed by atoms with van der Waals surface area (Å²) in [6.45, 7) is 1.44. The molecular weight excluding hydrogens is 219 g/mol. The Morgan fingerprint density at radius 3 is 2.94 bits per heavy atom. The number of hydrogen-bond acceptors (Lipinski definition) is 3. The molecule has 1 aromatic carbocycles. The van der Waals surface area contributed by atoms with Crippen molar-refractivity contribution in [1.29, 1.82) is 0 Å². The lowest BCUT2D eigenvalue weighted by molar-refractivity contribution is 0.611. The largest absolute Gasteiger partial charge is 0.382 e. The van der Waals surface area contributed by atoms with Crippen LogP contribution in [-0.4, -0.2) is 22.9 Å². The predicted octanol–water partition coefficient (Wildman–Crippen LogP) is 1.77. The standard InChI is InChI=1S/C12H15FN4/c13-11-4-1-2-5-12(11)17-9-10(8-16-17)15-7-3-6-14/h1-2,4-5,8-9,15H,3,6-7,14H2. The molecule has 0 radical (unpaired) electrons. The summed E-state index contributed by atoms with van der Waals surface area (Å²) in [4.78, 5) is 0. The Bertz CT molecular complexity index is 481. The quantitative estimate of drug-likeness (QED) is 0.775.